The normalized spacial score (nSPS) is 27.0. The average molecular weight is 171 g/mol. The van der Waals surface area contributed by atoms with Gasteiger partial charge in [-0.1, -0.05) is 13.3 Å². The number of hydrogen-bond donors (Lipinski definition) is 1. The highest BCUT2D eigenvalue weighted by atomic mass is 16.5. The van der Waals surface area contributed by atoms with E-state index in [9.17, 15) is 0 Å². The minimum Gasteiger partial charge on any atom is -0.378 e. The van der Waals surface area contributed by atoms with Gasteiger partial charge < -0.3 is 10.5 Å². The van der Waals surface area contributed by atoms with Gasteiger partial charge >= 0.3 is 0 Å². The Bertz CT molecular complexity index is 110. The third-order valence-electron chi connectivity index (χ3n) is 2.50. The Morgan fingerprint density at radius 2 is 2.33 bits per heavy atom. The lowest BCUT2D eigenvalue weighted by atomic mass is 10.00. The summed E-state index contributed by atoms with van der Waals surface area (Å²) >= 11 is 0. The molecule has 0 aliphatic carbocycles. The van der Waals surface area contributed by atoms with Crippen molar-refractivity contribution < 1.29 is 4.74 Å². The van der Waals surface area contributed by atoms with Crippen molar-refractivity contribution in [3.05, 3.63) is 0 Å². The minimum absolute atomic E-state index is 0.359. The van der Waals surface area contributed by atoms with Crippen LogP contribution in [0.4, 0.5) is 0 Å². The summed E-state index contributed by atoms with van der Waals surface area (Å²) in [4.78, 5) is 0. The summed E-state index contributed by atoms with van der Waals surface area (Å²) in [7, 11) is 0. The van der Waals surface area contributed by atoms with Gasteiger partial charge in [0.25, 0.3) is 0 Å². The van der Waals surface area contributed by atoms with Gasteiger partial charge in [0.05, 0.1) is 6.10 Å². The number of rotatable bonds is 4. The molecule has 0 spiro atoms. The van der Waals surface area contributed by atoms with Crippen LogP contribution < -0.4 is 5.73 Å². The SMILES string of the molecule is CCC[C@H](N)CC1CCCCO1. The van der Waals surface area contributed by atoms with Gasteiger partial charge in [0.15, 0.2) is 0 Å². The Balaban J connectivity index is 2.11. The van der Waals surface area contributed by atoms with E-state index in [2.05, 4.69) is 6.92 Å². The van der Waals surface area contributed by atoms with Gasteiger partial charge in [-0.25, -0.2) is 0 Å². The molecular formula is C10H21NO. The molecule has 0 radical (unpaired) electrons. The van der Waals surface area contributed by atoms with Crippen LogP contribution in [0.2, 0.25) is 0 Å². The fourth-order valence-electron chi connectivity index (χ4n) is 1.82. The van der Waals surface area contributed by atoms with Crippen LogP contribution in [0.3, 0.4) is 0 Å². The predicted octanol–water partition coefficient (Wildman–Crippen LogP) is 2.07. The lowest BCUT2D eigenvalue weighted by Crippen LogP contribution is -2.29. The summed E-state index contributed by atoms with van der Waals surface area (Å²) in [5.41, 5.74) is 5.94. The molecule has 72 valence electrons. The molecule has 2 N–H and O–H groups in total. The molecule has 0 aromatic rings. The molecule has 0 amide bonds. The van der Waals surface area contributed by atoms with Crippen molar-refractivity contribution in [1.29, 1.82) is 0 Å². The van der Waals surface area contributed by atoms with E-state index in [0.29, 0.717) is 12.1 Å². The van der Waals surface area contributed by atoms with E-state index < -0.39 is 0 Å². The predicted molar refractivity (Wildman–Crippen MR) is 51.1 cm³/mol. The molecule has 2 atom stereocenters. The maximum absolute atomic E-state index is 5.94. The zero-order chi connectivity index (χ0) is 8.81. The first-order valence-corrected chi connectivity index (χ1v) is 5.20. The Kier molecular flexibility index (Phi) is 4.62. The maximum Gasteiger partial charge on any atom is 0.0589 e. The third kappa shape index (κ3) is 3.55. The van der Waals surface area contributed by atoms with E-state index in [-0.39, 0.29) is 0 Å². The minimum atomic E-state index is 0.359. The van der Waals surface area contributed by atoms with Crippen LogP contribution >= 0.6 is 0 Å². The molecule has 1 heterocycles. The molecule has 0 saturated carbocycles. The number of ether oxygens (including phenoxy) is 1. The van der Waals surface area contributed by atoms with Crippen LogP contribution in [0.5, 0.6) is 0 Å². The van der Waals surface area contributed by atoms with Gasteiger partial charge in [-0.2, -0.15) is 0 Å². The Morgan fingerprint density at radius 3 is 2.92 bits per heavy atom. The molecule has 1 rings (SSSR count). The second kappa shape index (κ2) is 5.55. The van der Waals surface area contributed by atoms with Gasteiger partial charge in [-0.15, -0.1) is 0 Å². The van der Waals surface area contributed by atoms with Gasteiger partial charge in [-0.3, -0.25) is 0 Å². The second-order valence-corrected chi connectivity index (χ2v) is 3.77. The zero-order valence-electron chi connectivity index (χ0n) is 8.09. The van der Waals surface area contributed by atoms with Crippen molar-refractivity contribution in [3.8, 4) is 0 Å². The summed E-state index contributed by atoms with van der Waals surface area (Å²) in [6, 6.07) is 0.359. The summed E-state index contributed by atoms with van der Waals surface area (Å²) < 4.78 is 5.61. The molecule has 1 aliphatic rings. The summed E-state index contributed by atoms with van der Waals surface area (Å²) in [5, 5.41) is 0. The third-order valence-corrected chi connectivity index (χ3v) is 2.50. The van der Waals surface area contributed by atoms with Crippen molar-refractivity contribution in [1.82, 2.24) is 0 Å². The smallest absolute Gasteiger partial charge is 0.0589 e. The highest BCUT2D eigenvalue weighted by Crippen LogP contribution is 2.17. The van der Waals surface area contributed by atoms with Crippen molar-refractivity contribution in [2.45, 2.75) is 57.6 Å². The van der Waals surface area contributed by atoms with Crippen LogP contribution in [-0.4, -0.2) is 18.8 Å². The molecule has 1 aliphatic heterocycles. The highest BCUT2D eigenvalue weighted by molar-refractivity contribution is 4.70. The standard InChI is InChI=1S/C10H21NO/c1-2-5-9(11)8-10-6-3-4-7-12-10/h9-10H,2-8,11H2,1H3/t9-,10?/m0/s1. The zero-order valence-corrected chi connectivity index (χ0v) is 8.09. The fourth-order valence-corrected chi connectivity index (χ4v) is 1.82. The summed E-state index contributed by atoms with van der Waals surface area (Å²) in [6.07, 6.45) is 7.63. The van der Waals surface area contributed by atoms with Crippen LogP contribution in [0.1, 0.15) is 45.4 Å². The van der Waals surface area contributed by atoms with Crippen molar-refractivity contribution >= 4 is 0 Å². The molecule has 2 nitrogen and oxygen atoms in total. The molecule has 0 aromatic carbocycles. The average Bonchev–Trinajstić information content (AvgIpc) is 2.06. The Hall–Kier alpha value is -0.0800. The van der Waals surface area contributed by atoms with E-state index in [1.165, 1.54) is 25.7 Å². The molecule has 1 saturated heterocycles. The second-order valence-electron chi connectivity index (χ2n) is 3.77. The summed E-state index contributed by atoms with van der Waals surface area (Å²) in [5.74, 6) is 0. The number of nitrogens with two attached hydrogens (primary N) is 1. The first kappa shape index (κ1) is 10.0. The van der Waals surface area contributed by atoms with E-state index in [1.807, 2.05) is 0 Å². The first-order valence-electron chi connectivity index (χ1n) is 5.20. The maximum atomic E-state index is 5.94. The quantitative estimate of drug-likeness (QED) is 0.702. The molecule has 0 aromatic heterocycles. The van der Waals surface area contributed by atoms with Gasteiger partial charge in [-0.05, 0) is 32.1 Å². The number of hydrogen-bond acceptors (Lipinski definition) is 2. The first-order chi connectivity index (χ1) is 5.83. The van der Waals surface area contributed by atoms with E-state index >= 15 is 0 Å². The van der Waals surface area contributed by atoms with Crippen molar-refractivity contribution in [2.24, 2.45) is 5.73 Å². The highest BCUT2D eigenvalue weighted by Gasteiger charge is 2.16. The molecule has 2 heteroatoms. The lowest BCUT2D eigenvalue weighted by molar-refractivity contribution is 0.00699. The Morgan fingerprint density at radius 1 is 1.50 bits per heavy atom. The largest absolute Gasteiger partial charge is 0.378 e. The van der Waals surface area contributed by atoms with Gasteiger partial charge in [0, 0.05) is 12.6 Å². The molecule has 1 fully saturated rings. The summed E-state index contributed by atoms with van der Waals surface area (Å²) in [6.45, 7) is 3.13. The van der Waals surface area contributed by atoms with E-state index in [4.69, 9.17) is 10.5 Å². The Labute approximate surface area is 75.5 Å². The molecule has 1 unspecified atom stereocenters. The van der Waals surface area contributed by atoms with Gasteiger partial charge in [0.2, 0.25) is 0 Å². The van der Waals surface area contributed by atoms with E-state index in [1.54, 1.807) is 0 Å². The molecular weight excluding hydrogens is 150 g/mol. The topological polar surface area (TPSA) is 35.2 Å². The molecule has 12 heavy (non-hydrogen) atoms. The van der Waals surface area contributed by atoms with Crippen LogP contribution in [-0.2, 0) is 4.74 Å². The van der Waals surface area contributed by atoms with Crippen molar-refractivity contribution in [3.63, 3.8) is 0 Å². The van der Waals surface area contributed by atoms with Crippen LogP contribution in [0.25, 0.3) is 0 Å². The van der Waals surface area contributed by atoms with Crippen LogP contribution in [0, 0.1) is 0 Å². The lowest BCUT2D eigenvalue weighted by Gasteiger charge is -2.24. The van der Waals surface area contributed by atoms with Crippen molar-refractivity contribution in [2.75, 3.05) is 6.61 Å². The van der Waals surface area contributed by atoms with E-state index in [0.717, 1.165) is 19.4 Å². The fraction of sp³-hybridized carbons (Fsp3) is 1.00. The monoisotopic (exact) mass is 171 g/mol. The molecule has 0 bridgehead atoms. The van der Waals surface area contributed by atoms with Gasteiger partial charge in [0.1, 0.15) is 0 Å². The van der Waals surface area contributed by atoms with Crippen LogP contribution in [0.15, 0.2) is 0 Å².